The topological polar surface area (TPSA) is 81.9 Å². The van der Waals surface area contributed by atoms with Crippen LogP contribution in [0.4, 0.5) is 4.79 Å². The highest BCUT2D eigenvalue weighted by Crippen LogP contribution is 2.27. The molecule has 120 valence electrons. The van der Waals surface area contributed by atoms with E-state index < -0.39 is 0 Å². The fourth-order valence-corrected chi connectivity index (χ4v) is 2.56. The normalized spacial score (nSPS) is 19.5. The molecule has 1 aliphatic rings. The molecule has 6 heteroatoms. The van der Waals surface area contributed by atoms with Gasteiger partial charge in [0.25, 0.3) is 0 Å². The van der Waals surface area contributed by atoms with Gasteiger partial charge in [-0.2, -0.15) is 0 Å². The summed E-state index contributed by atoms with van der Waals surface area (Å²) >= 11 is 0. The second kappa shape index (κ2) is 7.15. The Labute approximate surface area is 130 Å². The number of nitrogens with two attached hydrogens (primary N) is 1. The van der Waals surface area contributed by atoms with E-state index in [1.807, 2.05) is 31.2 Å². The van der Waals surface area contributed by atoms with E-state index in [4.69, 9.17) is 15.2 Å². The van der Waals surface area contributed by atoms with Crippen LogP contribution in [0, 0.1) is 0 Å². The minimum atomic E-state index is -0.370. The first kappa shape index (κ1) is 16.1. The highest BCUT2D eigenvalue weighted by Gasteiger charge is 2.30. The molecule has 2 N–H and O–H groups in total. The molecule has 2 atom stereocenters. The van der Waals surface area contributed by atoms with Crippen molar-refractivity contribution >= 4 is 12.0 Å². The Kier molecular flexibility index (Phi) is 5.25. The van der Waals surface area contributed by atoms with Gasteiger partial charge in [0, 0.05) is 19.4 Å². The molecule has 0 aromatic heterocycles. The maximum Gasteiger partial charge on any atom is 0.410 e. The second-order valence-electron chi connectivity index (χ2n) is 5.44. The van der Waals surface area contributed by atoms with Gasteiger partial charge in [-0.15, -0.1) is 0 Å². The Morgan fingerprint density at radius 2 is 2.14 bits per heavy atom. The number of carbonyl (C=O) groups is 2. The highest BCUT2D eigenvalue weighted by atomic mass is 16.6. The van der Waals surface area contributed by atoms with Crippen molar-refractivity contribution in [3.05, 3.63) is 29.8 Å². The molecule has 2 rings (SSSR count). The molecule has 1 aromatic carbocycles. The van der Waals surface area contributed by atoms with Crippen LogP contribution in [0.15, 0.2) is 24.3 Å². The average Bonchev–Trinajstić information content (AvgIpc) is 2.52. The van der Waals surface area contributed by atoms with E-state index >= 15 is 0 Å². The quantitative estimate of drug-likeness (QED) is 0.873. The monoisotopic (exact) mass is 306 g/mol. The van der Waals surface area contributed by atoms with Crippen LogP contribution in [-0.4, -0.2) is 36.7 Å². The standard InChI is InChI=1S/C16H22N2O4/c1-11(12-3-5-13(21-2)6-4-12)18-10-9-14(22-16(18)20)7-8-15(17)19/h3-6,11,14H,7-10H2,1-2H3,(H2,17,19). The second-order valence-corrected chi connectivity index (χ2v) is 5.44. The zero-order valence-corrected chi connectivity index (χ0v) is 13.0. The summed E-state index contributed by atoms with van der Waals surface area (Å²) in [5.41, 5.74) is 6.14. The van der Waals surface area contributed by atoms with Crippen molar-refractivity contribution in [2.45, 2.75) is 38.3 Å². The van der Waals surface area contributed by atoms with Crippen molar-refractivity contribution in [3.63, 3.8) is 0 Å². The van der Waals surface area contributed by atoms with Crippen molar-refractivity contribution in [2.24, 2.45) is 5.73 Å². The van der Waals surface area contributed by atoms with Gasteiger partial charge in [-0.3, -0.25) is 4.79 Å². The van der Waals surface area contributed by atoms with E-state index in [0.29, 0.717) is 19.4 Å². The smallest absolute Gasteiger partial charge is 0.410 e. The van der Waals surface area contributed by atoms with Crippen molar-refractivity contribution < 1.29 is 19.1 Å². The number of carbonyl (C=O) groups excluding carboxylic acids is 2. The van der Waals surface area contributed by atoms with Crippen LogP contribution in [-0.2, 0) is 9.53 Å². The van der Waals surface area contributed by atoms with E-state index in [-0.39, 0.29) is 30.6 Å². The van der Waals surface area contributed by atoms with E-state index in [9.17, 15) is 9.59 Å². The van der Waals surface area contributed by atoms with E-state index in [1.54, 1.807) is 12.0 Å². The number of cyclic esters (lactones) is 1. The number of methoxy groups -OCH3 is 1. The summed E-state index contributed by atoms with van der Waals surface area (Å²) < 4.78 is 10.5. The lowest BCUT2D eigenvalue weighted by Gasteiger charge is -2.35. The Morgan fingerprint density at radius 1 is 1.45 bits per heavy atom. The summed E-state index contributed by atoms with van der Waals surface area (Å²) in [5.74, 6) is 0.411. The van der Waals surface area contributed by atoms with Crippen molar-refractivity contribution in [3.8, 4) is 5.75 Å². The van der Waals surface area contributed by atoms with Gasteiger partial charge in [-0.1, -0.05) is 12.1 Å². The number of nitrogens with zero attached hydrogens (tertiary/aromatic N) is 1. The largest absolute Gasteiger partial charge is 0.497 e. The first-order valence-electron chi connectivity index (χ1n) is 7.40. The van der Waals surface area contributed by atoms with Crippen LogP contribution >= 0.6 is 0 Å². The molecule has 1 heterocycles. The van der Waals surface area contributed by atoms with Crippen molar-refractivity contribution in [1.82, 2.24) is 4.90 Å². The van der Waals surface area contributed by atoms with Gasteiger partial charge in [0.2, 0.25) is 5.91 Å². The summed E-state index contributed by atoms with van der Waals surface area (Å²) in [4.78, 5) is 24.6. The molecule has 2 unspecified atom stereocenters. The molecule has 22 heavy (non-hydrogen) atoms. The lowest BCUT2D eigenvalue weighted by molar-refractivity contribution is -0.118. The third-order valence-electron chi connectivity index (χ3n) is 3.97. The number of hydrogen-bond donors (Lipinski definition) is 1. The average molecular weight is 306 g/mol. The summed E-state index contributed by atoms with van der Waals surface area (Å²) in [7, 11) is 1.62. The molecule has 0 saturated carbocycles. The fraction of sp³-hybridized carbons (Fsp3) is 0.500. The van der Waals surface area contributed by atoms with Gasteiger partial charge in [-0.05, 0) is 31.0 Å². The molecule has 2 amide bonds. The van der Waals surface area contributed by atoms with Crippen LogP contribution in [0.5, 0.6) is 5.75 Å². The Bertz CT molecular complexity index is 529. The molecule has 0 spiro atoms. The van der Waals surface area contributed by atoms with E-state index in [0.717, 1.165) is 11.3 Å². The zero-order chi connectivity index (χ0) is 16.1. The lowest BCUT2D eigenvalue weighted by Crippen LogP contribution is -2.43. The lowest BCUT2D eigenvalue weighted by atomic mass is 10.0. The van der Waals surface area contributed by atoms with E-state index in [1.165, 1.54) is 0 Å². The number of primary amides is 1. The predicted octanol–water partition coefficient (Wildman–Crippen LogP) is 2.23. The van der Waals surface area contributed by atoms with Crippen LogP contribution in [0.3, 0.4) is 0 Å². The molecule has 1 aliphatic heterocycles. The van der Waals surface area contributed by atoms with Crippen LogP contribution in [0.2, 0.25) is 0 Å². The minimum Gasteiger partial charge on any atom is -0.497 e. The minimum absolute atomic E-state index is 0.0736. The van der Waals surface area contributed by atoms with Crippen molar-refractivity contribution in [2.75, 3.05) is 13.7 Å². The summed E-state index contributed by atoms with van der Waals surface area (Å²) in [5, 5.41) is 0. The molecule has 1 saturated heterocycles. The first-order chi connectivity index (χ1) is 10.5. The molecule has 0 bridgehead atoms. The van der Waals surface area contributed by atoms with Crippen LogP contribution in [0.1, 0.15) is 37.8 Å². The Morgan fingerprint density at radius 3 is 2.68 bits per heavy atom. The van der Waals surface area contributed by atoms with Gasteiger partial charge in [0.15, 0.2) is 0 Å². The van der Waals surface area contributed by atoms with Gasteiger partial charge in [0.1, 0.15) is 11.9 Å². The number of rotatable bonds is 6. The number of hydrogen-bond acceptors (Lipinski definition) is 4. The Hall–Kier alpha value is -2.24. The maximum absolute atomic E-state index is 12.2. The highest BCUT2D eigenvalue weighted by molar-refractivity contribution is 5.74. The zero-order valence-electron chi connectivity index (χ0n) is 13.0. The maximum atomic E-state index is 12.2. The van der Waals surface area contributed by atoms with Gasteiger partial charge >= 0.3 is 6.09 Å². The Balaban J connectivity index is 1.95. The molecule has 0 radical (unpaired) electrons. The van der Waals surface area contributed by atoms with Gasteiger partial charge < -0.3 is 20.1 Å². The summed E-state index contributed by atoms with van der Waals surface area (Å²) in [6, 6.07) is 7.55. The van der Waals surface area contributed by atoms with Crippen molar-refractivity contribution in [1.29, 1.82) is 0 Å². The third kappa shape index (κ3) is 3.90. The van der Waals surface area contributed by atoms with Crippen LogP contribution in [0.25, 0.3) is 0 Å². The van der Waals surface area contributed by atoms with E-state index in [2.05, 4.69) is 0 Å². The molecule has 6 nitrogen and oxygen atoms in total. The van der Waals surface area contributed by atoms with Crippen LogP contribution < -0.4 is 10.5 Å². The number of amides is 2. The van der Waals surface area contributed by atoms with Gasteiger partial charge in [0.05, 0.1) is 13.2 Å². The first-order valence-corrected chi connectivity index (χ1v) is 7.40. The molecule has 1 aromatic rings. The number of ether oxygens (including phenoxy) is 2. The molecule has 1 fully saturated rings. The molecular formula is C16H22N2O4. The SMILES string of the molecule is COc1ccc(C(C)N2CCC(CCC(N)=O)OC2=O)cc1. The molecule has 0 aliphatic carbocycles. The molecular weight excluding hydrogens is 284 g/mol. The number of benzene rings is 1. The fourth-order valence-electron chi connectivity index (χ4n) is 2.56. The summed E-state index contributed by atoms with van der Waals surface area (Å²) in [6.07, 6.45) is 0.875. The predicted molar refractivity (Wildman–Crippen MR) is 81.4 cm³/mol. The summed E-state index contributed by atoms with van der Waals surface area (Å²) in [6.45, 7) is 2.57. The van der Waals surface area contributed by atoms with Gasteiger partial charge in [-0.25, -0.2) is 4.79 Å². The third-order valence-corrected chi connectivity index (χ3v) is 3.97.